The molecule has 1 aromatic rings. The maximum absolute atomic E-state index is 5.41. The van der Waals surface area contributed by atoms with Crippen molar-refractivity contribution in [3.63, 3.8) is 0 Å². The van der Waals surface area contributed by atoms with Gasteiger partial charge in [-0.3, -0.25) is 9.88 Å². The van der Waals surface area contributed by atoms with Crippen molar-refractivity contribution in [3.05, 3.63) is 18.0 Å². The number of ether oxygens (including phenoxy) is 2. The van der Waals surface area contributed by atoms with Crippen LogP contribution in [-0.2, 0) is 6.54 Å². The van der Waals surface area contributed by atoms with Gasteiger partial charge in [-0.25, -0.2) is 0 Å². The van der Waals surface area contributed by atoms with E-state index in [4.69, 9.17) is 9.47 Å². The Bertz CT molecular complexity index is 372. The van der Waals surface area contributed by atoms with Crippen molar-refractivity contribution in [2.75, 3.05) is 40.4 Å². The molecule has 108 valence electrons. The zero-order valence-corrected chi connectivity index (χ0v) is 12.4. The molecule has 0 spiro atoms. The summed E-state index contributed by atoms with van der Waals surface area (Å²) in [6.07, 6.45) is 1.76. The fraction of sp³-hybridized carbons (Fsp3) is 0.643. The second kappa shape index (κ2) is 8.72. The summed E-state index contributed by atoms with van der Waals surface area (Å²) < 4.78 is 10.7. The highest BCUT2D eigenvalue weighted by atomic mass is 16.5. The van der Waals surface area contributed by atoms with E-state index >= 15 is 0 Å². The topological polar surface area (TPSA) is 46.6 Å². The fourth-order valence-electron chi connectivity index (χ4n) is 1.94. The van der Waals surface area contributed by atoms with Gasteiger partial charge in [-0.1, -0.05) is 13.8 Å². The average molecular weight is 267 g/mol. The van der Waals surface area contributed by atoms with Crippen LogP contribution in [0.1, 0.15) is 19.5 Å². The molecule has 0 aromatic carbocycles. The number of pyridine rings is 1. The van der Waals surface area contributed by atoms with Crippen LogP contribution in [0.25, 0.3) is 0 Å². The number of likely N-dealkylation sites (N-methyl/N-ethyl adjacent to an activating group) is 2. The summed E-state index contributed by atoms with van der Waals surface area (Å²) in [4.78, 5) is 6.73. The number of hydrogen-bond acceptors (Lipinski definition) is 5. The van der Waals surface area contributed by atoms with E-state index in [1.165, 1.54) is 0 Å². The summed E-state index contributed by atoms with van der Waals surface area (Å²) in [5.74, 6) is 1.46. The maximum Gasteiger partial charge on any atom is 0.183 e. The smallest absolute Gasteiger partial charge is 0.183 e. The van der Waals surface area contributed by atoms with E-state index in [-0.39, 0.29) is 0 Å². The predicted octanol–water partition coefficient (Wildman–Crippen LogP) is 1.53. The molecule has 1 aromatic heterocycles. The van der Waals surface area contributed by atoms with E-state index in [0.29, 0.717) is 0 Å². The van der Waals surface area contributed by atoms with Gasteiger partial charge in [-0.05, 0) is 13.1 Å². The van der Waals surface area contributed by atoms with Crippen LogP contribution in [0.4, 0.5) is 0 Å². The molecule has 5 heteroatoms. The second-order valence-electron chi connectivity index (χ2n) is 4.22. The van der Waals surface area contributed by atoms with Crippen molar-refractivity contribution < 1.29 is 9.47 Å². The van der Waals surface area contributed by atoms with E-state index in [1.54, 1.807) is 20.4 Å². The van der Waals surface area contributed by atoms with Gasteiger partial charge in [0.15, 0.2) is 11.5 Å². The summed E-state index contributed by atoms with van der Waals surface area (Å²) in [5, 5.41) is 3.33. The third-order valence-electron chi connectivity index (χ3n) is 3.04. The molecule has 0 bridgehead atoms. The van der Waals surface area contributed by atoms with Gasteiger partial charge in [-0.15, -0.1) is 0 Å². The van der Waals surface area contributed by atoms with Crippen LogP contribution in [0.2, 0.25) is 0 Å². The lowest BCUT2D eigenvalue weighted by Crippen LogP contribution is -2.32. The van der Waals surface area contributed by atoms with Crippen LogP contribution < -0.4 is 14.8 Å². The number of hydrogen-bond donors (Lipinski definition) is 1. The normalized spacial score (nSPS) is 10.8. The van der Waals surface area contributed by atoms with Gasteiger partial charge in [-0.2, -0.15) is 0 Å². The Morgan fingerprint density at radius 3 is 2.63 bits per heavy atom. The minimum absolute atomic E-state index is 0.729. The van der Waals surface area contributed by atoms with Crippen LogP contribution in [0.15, 0.2) is 12.3 Å². The molecule has 1 rings (SSSR count). The molecule has 1 N–H and O–H groups in total. The van der Waals surface area contributed by atoms with Crippen molar-refractivity contribution >= 4 is 0 Å². The molecular weight excluding hydrogens is 242 g/mol. The summed E-state index contributed by atoms with van der Waals surface area (Å²) in [6.45, 7) is 8.98. The predicted molar refractivity (Wildman–Crippen MR) is 76.8 cm³/mol. The Morgan fingerprint density at radius 2 is 2.05 bits per heavy atom. The molecule has 0 atom stereocenters. The van der Waals surface area contributed by atoms with Gasteiger partial charge in [0.2, 0.25) is 0 Å². The molecule has 0 aliphatic heterocycles. The maximum atomic E-state index is 5.41. The minimum Gasteiger partial charge on any atom is -0.493 e. The number of nitrogens with one attached hydrogen (secondary N) is 1. The zero-order chi connectivity index (χ0) is 14.1. The number of rotatable bonds is 9. The Morgan fingerprint density at radius 1 is 1.26 bits per heavy atom. The molecule has 0 radical (unpaired) electrons. The van der Waals surface area contributed by atoms with E-state index < -0.39 is 0 Å². The highest BCUT2D eigenvalue weighted by molar-refractivity contribution is 5.42. The van der Waals surface area contributed by atoms with Crippen LogP contribution in [0, 0.1) is 0 Å². The molecule has 0 saturated carbocycles. The SMILES string of the molecule is CCNCCN(CC)Cc1nccc(OC)c1OC. The van der Waals surface area contributed by atoms with E-state index in [1.807, 2.05) is 6.07 Å². The first-order valence-corrected chi connectivity index (χ1v) is 6.75. The molecule has 0 saturated heterocycles. The number of nitrogens with zero attached hydrogens (tertiary/aromatic N) is 2. The summed E-state index contributed by atoms with van der Waals surface area (Å²) in [6, 6.07) is 1.82. The lowest BCUT2D eigenvalue weighted by atomic mass is 10.2. The van der Waals surface area contributed by atoms with E-state index in [0.717, 1.165) is 49.9 Å². The van der Waals surface area contributed by atoms with Crippen LogP contribution in [-0.4, -0.2) is 50.3 Å². The van der Waals surface area contributed by atoms with Crippen molar-refractivity contribution in [2.45, 2.75) is 20.4 Å². The monoisotopic (exact) mass is 267 g/mol. The standard InChI is InChI=1S/C14H25N3O2/c1-5-15-9-10-17(6-2)11-12-14(19-4)13(18-3)7-8-16-12/h7-8,15H,5-6,9-11H2,1-4H3. The highest BCUT2D eigenvalue weighted by Gasteiger charge is 2.13. The van der Waals surface area contributed by atoms with Crippen LogP contribution >= 0.6 is 0 Å². The Kier molecular flexibility index (Phi) is 7.22. The van der Waals surface area contributed by atoms with Crippen LogP contribution in [0.5, 0.6) is 11.5 Å². The molecule has 0 unspecified atom stereocenters. The fourth-order valence-corrected chi connectivity index (χ4v) is 1.94. The van der Waals surface area contributed by atoms with Gasteiger partial charge in [0, 0.05) is 31.9 Å². The third-order valence-corrected chi connectivity index (χ3v) is 3.04. The van der Waals surface area contributed by atoms with Crippen molar-refractivity contribution in [3.8, 4) is 11.5 Å². The molecule has 5 nitrogen and oxygen atoms in total. The van der Waals surface area contributed by atoms with Gasteiger partial charge in [0.05, 0.1) is 14.2 Å². The summed E-state index contributed by atoms with van der Waals surface area (Å²) in [7, 11) is 3.29. The first kappa shape index (κ1) is 15.7. The van der Waals surface area contributed by atoms with Gasteiger partial charge in [0.1, 0.15) is 5.69 Å². The number of aromatic nitrogens is 1. The van der Waals surface area contributed by atoms with Gasteiger partial charge >= 0.3 is 0 Å². The molecule has 0 aliphatic rings. The lowest BCUT2D eigenvalue weighted by Gasteiger charge is -2.21. The minimum atomic E-state index is 0.729. The summed E-state index contributed by atoms with van der Waals surface area (Å²) in [5.41, 5.74) is 0.917. The van der Waals surface area contributed by atoms with Gasteiger partial charge in [0.25, 0.3) is 0 Å². The van der Waals surface area contributed by atoms with Gasteiger partial charge < -0.3 is 14.8 Å². The van der Waals surface area contributed by atoms with Crippen molar-refractivity contribution in [1.82, 2.24) is 15.2 Å². The first-order valence-electron chi connectivity index (χ1n) is 6.75. The number of methoxy groups -OCH3 is 2. The lowest BCUT2D eigenvalue weighted by molar-refractivity contribution is 0.268. The van der Waals surface area contributed by atoms with Crippen molar-refractivity contribution in [2.24, 2.45) is 0 Å². The molecule has 0 aliphatic carbocycles. The Labute approximate surface area is 115 Å². The summed E-state index contributed by atoms with van der Waals surface area (Å²) >= 11 is 0. The first-order chi connectivity index (χ1) is 9.26. The molecule has 19 heavy (non-hydrogen) atoms. The molecule has 1 heterocycles. The quantitative estimate of drug-likeness (QED) is 0.688. The molecule has 0 amide bonds. The second-order valence-corrected chi connectivity index (χ2v) is 4.22. The third kappa shape index (κ3) is 4.69. The van der Waals surface area contributed by atoms with E-state index in [2.05, 4.69) is 29.0 Å². The Balaban J connectivity index is 2.73. The highest BCUT2D eigenvalue weighted by Crippen LogP contribution is 2.29. The van der Waals surface area contributed by atoms with Crippen molar-refractivity contribution in [1.29, 1.82) is 0 Å². The largest absolute Gasteiger partial charge is 0.493 e. The van der Waals surface area contributed by atoms with E-state index in [9.17, 15) is 0 Å². The Hall–Kier alpha value is -1.33. The molecular formula is C14H25N3O2. The average Bonchev–Trinajstić information content (AvgIpc) is 2.45. The molecule has 0 fully saturated rings. The van der Waals surface area contributed by atoms with Crippen LogP contribution in [0.3, 0.4) is 0 Å². The zero-order valence-electron chi connectivity index (χ0n) is 12.4.